The summed E-state index contributed by atoms with van der Waals surface area (Å²) in [6.45, 7) is 3.54. The van der Waals surface area contributed by atoms with Gasteiger partial charge in [-0.15, -0.1) is 12.4 Å². The lowest BCUT2D eigenvalue weighted by Crippen LogP contribution is -2.46. The second-order valence-corrected chi connectivity index (χ2v) is 4.37. The molecule has 2 N–H and O–H groups in total. The largest absolute Gasteiger partial charge is 0.496 e. The monoisotopic (exact) mass is 290 g/mol. The molecular formula is C13H20ClFN2O2. The molecular weight excluding hydrogens is 271 g/mol. The summed E-state index contributed by atoms with van der Waals surface area (Å²) in [5.74, 6) is 0.167. The lowest BCUT2D eigenvalue weighted by molar-refractivity contribution is 0.109. The van der Waals surface area contributed by atoms with E-state index < -0.39 is 0 Å². The number of ether oxygens (including phenoxy) is 1. The summed E-state index contributed by atoms with van der Waals surface area (Å²) in [7, 11) is 1.52. The maximum atomic E-state index is 13.2. The highest BCUT2D eigenvalue weighted by Crippen LogP contribution is 2.30. The smallest absolute Gasteiger partial charge is 0.126 e. The first-order valence-corrected chi connectivity index (χ1v) is 6.15. The van der Waals surface area contributed by atoms with Gasteiger partial charge < -0.3 is 15.2 Å². The third-order valence-corrected chi connectivity index (χ3v) is 3.32. The van der Waals surface area contributed by atoms with Gasteiger partial charge in [-0.1, -0.05) is 6.07 Å². The molecule has 0 amide bonds. The van der Waals surface area contributed by atoms with Crippen molar-refractivity contribution < 1.29 is 14.2 Å². The molecule has 0 spiro atoms. The molecule has 1 fully saturated rings. The Morgan fingerprint density at radius 2 is 2.11 bits per heavy atom. The molecule has 1 aromatic carbocycles. The normalized spacial score (nSPS) is 17.6. The van der Waals surface area contributed by atoms with E-state index in [1.807, 2.05) is 0 Å². The fraction of sp³-hybridized carbons (Fsp3) is 0.538. The molecule has 1 aliphatic rings. The average Bonchev–Trinajstić information content (AvgIpc) is 2.42. The van der Waals surface area contributed by atoms with Crippen LogP contribution in [0.3, 0.4) is 0 Å². The third-order valence-electron chi connectivity index (χ3n) is 3.32. The molecule has 0 aliphatic carbocycles. The maximum Gasteiger partial charge on any atom is 0.126 e. The van der Waals surface area contributed by atoms with E-state index in [4.69, 9.17) is 4.74 Å². The van der Waals surface area contributed by atoms with E-state index in [1.54, 1.807) is 6.07 Å². The van der Waals surface area contributed by atoms with Crippen molar-refractivity contribution in [3.8, 4) is 5.75 Å². The summed E-state index contributed by atoms with van der Waals surface area (Å²) in [5, 5.41) is 12.9. The SMILES string of the molecule is COc1cc(F)ccc1[C@@H](CO)N1CCNCC1.Cl. The minimum Gasteiger partial charge on any atom is -0.496 e. The summed E-state index contributed by atoms with van der Waals surface area (Å²) in [4.78, 5) is 2.19. The number of aliphatic hydroxyl groups excluding tert-OH is 1. The number of piperazine rings is 1. The molecule has 2 rings (SSSR count). The molecule has 1 aliphatic heterocycles. The number of rotatable bonds is 4. The molecule has 0 saturated carbocycles. The van der Waals surface area contributed by atoms with Crippen LogP contribution in [0.2, 0.25) is 0 Å². The number of aliphatic hydroxyl groups is 1. The van der Waals surface area contributed by atoms with Gasteiger partial charge in [-0.05, 0) is 6.07 Å². The zero-order valence-electron chi connectivity index (χ0n) is 10.9. The predicted molar refractivity (Wildman–Crippen MR) is 74.5 cm³/mol. The van der Waals surface area contributed by atoms with Gasteiger partial charge in [0.15, 0.2) is 0 Å². The van der Waals surface area contributed by atoms with Crippen LogP contribution in [-0.2, 0) is 0 Å². The Kier molecular flexibility index (Phi) is 6.51. The van der Waals surface area contributed by atoms with E-state index in [9.17, 15) is 9.50 Å². The number of methoxy groups -OCH3 is 1. The Hall–Kier alpha value is -0.880. The van der Waals surface area contributed by atoms with Crippen molar-refractivity contribution in [2.45, 2.75) is 6.04 Å². The van der Waals surface area contributed by atoms with Crippen molar-refractivity contribution in [1.82, 2.24) is 10.2 Å². The Morgan fingerprint density at radius 1 is 1.42 bits per heavy atom. The van der Waals surface area contributed by atoms with E-state index in [0.29, 0.717) is 5.75 Å². The standard InChI is InChI=1S/C13H19FN2O2.ClH/c1-18-13-8-10(14)2-3-11(13)12(9-17)16-6-4-15-5-7-16;/h2-3,8,12,15,17H,4-7,9H2,1H3;1H/t12-;/m1./s1. The highest BCUT2D eigenvalue weighted by atomic mass is 35.5. The molecule has 1 heterocycles. The number of nitrogens with zero attached hydrogens (tertiary/aromatic N) is 1. The van der Waals surface area contributed by atoms with Crippen molar-refractivity contribution >= 4 is 12.4 Å². The highest BCUT2D eigenvalue weighted by molar-refractivity contribution is 5.85. The van der Waals surface area contributed by atoms with Crippen LogP contribution in [0.15, 0.2) is 18.2 Å². The minimum atomic E-state index is -0.326. The van der Waals surface area contributed by atoms with Gasteiger partial charge >= 0.3 is 0 Å². The molecule has 4 nitrogen and oxygen atoms in total. The van der Waals surface area contributed by atoms with Gasteiger partial charge in [0, 0.05) is 37.8 Å². The fourth-order valence-corrected chi connectivity index (χ4v) is 2.36. The topological polar surface area (TPSA) is 44.7 Å². The molecule has 0 unspecified atom stereocenters. The quantitative estimate of drug-likeness (QED) is 0.874. The number of nitrogens with one attached hydrogen (secondary N) is 1. The molecule has 6 heteroatoms. The molecule has 0 bridgehead atoms. The second kappa shape index (κ2) is 7.65. The average molecular weight is 291 g/mol. The number of halogens is 2. The Morgan fingerprint density at radius 3 is 2.68 bits per heavy atom. The molecule has 0 radical (unpaired) electrons. The van der Waals surface area contributed by atoms with Crippen molar-refractivity contribution in [3.05, 3.63) is 29.6 Å². The van der Waals surface area contributed by atoms with Crippen LogP contribution in [0.4, 0.5) is 4.39 Å². The van der Waals surface area contributed by atoms with Gasteiger partial charge in [-0.25, -0.2) is 4.39 Å². The molecule has 0 aromatic heterocycles. The zero-order chi connectivity index (χ0) is 13.0. The van der Waals surface area contributed by atoms with Crippen molar-refractivity contribution in [1.29, 1.82) is 0 Å². The van der Waals surface area contributed by atoms with Crippen molar-refractivity contribution in [2.24, 2.45) is 0 Å². The van der Waals surface area contributed by atoms with E-state index in [1.165, 1.54) is 19.2 Å². The first-order chi connectivity index (χ1) is 8.76. The first kappa shape index (κ1) is 16.2. The van der Waals surface area contributed by atoms with Gasteiger partial charge in [-0.3, -0.25) is 4.90 Å². The molecule has 19 heavy (non-hydrogen) atoms. The lowest BCUT2D eigenvalue weighted by atomic mass is 10.0. The van der Waals surface area contributed by atoms with Crippen LogP contribution in [0.1, 0.15) is 11.6 Å². The zero-order valence-corrected chi connectivity index (χ0v) is 11.8. The van der Waals surface area contributed by atoms with Crippen molar-refractivity contribution in [3.63, 3.8) is 0 Å². The van der Waals surface area contributed by atoms with E-state index in [-0.39, 0.29) is 30.9 Å². The minimum absolute atomic E-state index is 0. The summed E-state index contributed by atoms with van der Waals surface area (Å²) in [6, 6.07) is 4.32. The molecule has 108 valence electrons. The van der Waals surface area contributed by atoms with Gasteiger partial charge in [-0.2, -0.15) is 0 Å². The van der Waals surface area contributed by atoms with Crippen molar-refractivity contribution in [2.75, 3.05) is 39.9 Å². The summed E-state index contributed by atoms with van der Waals surface area (Å²) in [6.07, 6.45) is 0. The van der Waals surface area contributed by atoms with Crippen LogP contribution < -0.4 is 10.1 Å². The van der Waals surface area contributed by atoms with Crippen LogP contribution >= 0.6 is 12.4 Å². The van der Waals surface area contributed by atoms with E-state index in [0.717, 1.165) is 31.7 Å². The van der Waals surface area contributed by atoms with Gasteiger partial charge in [0.1, 0.15) is 11.6 Å². The number of hydrogen-bond donors (Lipinski definition) is 2. The summed E-state index contributed by atoms with van der Waals surface area (Å²) < 4.78 is 18.4. The Bertz CT molecular complexity index is 400. The van der Waals surface area contributed by atoms with Crippen LogP contribution in [-0.4, -0.2) is 49.9 Å². The van der Waals surface area contributed by atoms with Crippen LogP contribution in [0, 0.1) is 5.82 Å². The maximum absolute atomic E-state index is 13.2. The predicted octanol–water partition coefficient (Wildman–Crippen LogP) is 1.19. The van der Waals surface area contributed by atoms with Gasteiger partial charge in [0.2, 0.25) is 0 Å². The van der Waals surface area contributed by atoms with Gasteiger partial charge in [0.25, 0.3) is 0 Å². The molecule has 1 atom stereocenters. The lowest BCUT2D eigenvalue weighted by Gasteiger charge is -2.34. The van der Waals surface area contributed by atoms with E-state index in [2.05, 4.69) is 10.2 Å². The molecule has 1 aromatic rings. The fourth-order valence-electron chi connectivity index (χ4n) is 2.36. The summed E-state index contributed by atoms with van der Waals surface area (Å²) in [5.41, 5.74) is 0.836. The molecule has 1 saturated heterocycles. The Balaban J connectivity index is 0.00000180. The number of hydrogen-bond acceptors (Lipinski definition) is 4. The van der Waals surface area contributed by atoms with E-state index >= 15 is 0 Å². The summed E-state index contributed by atoms with van der Waals surface area (Å²) >= 11 is 0. The highest BCUT2D eigenvalue weighted by Gasteiger charge is 2.24. The Labute approximate surface area is 119 Å². The second-order valence-electron chi connectivity index (χ2n) is 4.37. The third kappa shape index (κ3) is 3.79. The first-order valence-electron chi connectivity index (χ1n) is 6.15. The van der Waals surface area contributed by atoms with Crippen LogP contribution in [0.25, 0.3) is 0 Å². The van der Waals surface area contributed by atoms with Crippen LogP contribution in [0.5, 0.6) is 5.75 Å². The number of benzene rings is 1. The van der Waals surface area contributed by atoms with Gasteiger partial charge in [0.05, 0.1) is 19.8 Å².